The summed E-state index contributed by atoms with van der Waals surface area (Å²) in [5.41, 5.74) is 2.34. The van der Waals surface area contributed by atoms with E-state index in [4.69, 9.17) is 14.2 Å². The number of rotatable bonds is 8. The van der Waals surface area contributed by atoms with E-state index in [9.17, 15) is 14.7 Å². The average molecular weight is 523 g/mol. The van der Waals surface area contributed by atoms with E-state index >= 15 is 0 Å². The molecule has 8 nitrogen and oxygen atoms in total. The van der Waals surface area contributed by atoms with Gasteiger partial charge in [-0.1, -0.05) is 45.0 Å². The van der Waals surface area contributed by atoms with Crippen LogP contribution in [0.2, 0.25) is 0 Å². The molecule has 2 aromatic carbocycles. The summed E-state index contributed by atoms with van der Waals surface area (Å²) >= 11 is 0. The molecule has 2 fully saturated rings. The van der Waals surface area contributed by atoms with Crippen molar-refractivity contribution in [3.8, 4) is 11.5 Å². The highest BCUT2D eigenvalue weighted by atomic mass is 16.5. The second-order valence-corrected chi connectivity index (χ2v) is 10.7. The standard InChI is InChI=1S/C30H38N2O6/c1-30(2,3)22-10-7-20(8-11-22)26-25(27(33)21-9-12-23(36-4)24(19-21)37-5)28(34)29(35)32(26)14-6-13-31-15-17-38-18-16-31/h7-12,19,26,33H,6,13-18H2,1-5H3/b27-25+/t26-/m0/s1. The molecule has 1 atom stereocenters. The lowest BCUT2D eigenvalue weighted by molar-refractivity contribution is -0.140. The van der Waals surface area contributed by atoms with Gasteiger partial charge >= 0.3 is 0 Å². The van der Waals surface area contributed by atoms with Crippen molar-refractivity contribution in [3.05, 3.63) is 64.7 Å². The average Bonchev–Trinajstić information content (AvgIpc) is 3.17. The Morgan fingerprint density at radius 1 is 0.974 bits per heavy atom. The minimum atomic E-state index is -0.693. The Balaban J connectivity index is 1.72. The van der Waals surface area contributed by atoms with Crippen LogP contribution in [0.15, 0.2) is 48.0 Å². The van der Waals surface area contributed by atoms with Gasteiger partial charge in [-0.2, -0.15) is 0 Å². The number of aliphatic hydroxyl groups is 1. The van der Waals surface area contributed by atoms with Crippen LogP contribution in [0, 0.1) is 0 Å². The SMILES string of the molecule is COc1ccc(/C(O)=C2\C(=O)C(=O)N(CCCN3CCOCC3)[C@H]2c2ccc(C(C)(C)C)cc2)cc1OC. The van der Waals surface area contributed by atoms with Crippen LogP contribution in [0.25, 0.3) is 5.76 Å². The first-order valence-electron chi connectivity index (χ1n) is 13.1. The summed E-state index contributed by atoms with van der Waals surface area (Å²) in [7, 11) is 3.03. The van der Waals surface area contributed by atoms with Crippen LogP contribution >= 0.6 is 0 Å². The van der Waals surface area contributed by atoms with Crippen molar-refractivity contribution >= 4 is 17.4 Å². The number of aliphatic hydroxyl groups excluding tert-OH is 1. The molecule has 4 rings (SSSR count). The van der Waals surface area contributed by atoms with Gasteiger partial charge in [0, 0.05) is 31.7 Å². The molecule has 0 bridgehead atoms. The van der Waals surface area contributed by atoms with Crippen molar-refractivity contribution < 1.29 is 28.9 Å². The van der Waals surface area contributed by atoms with Gasteiger partial charge in [0.2, 0.25) is 0 Å². The fourth-order valence-electron chi connectivity index (χ4n) is 5.05. The quantitative estimate of drug-likeness (QED) is 0.317. The fraction of sp³-hybridized carbons (Fsp3) is 0.467. The maximum absolute atomic E-state index is 13.4. The van der Waals surface area contributed by atoms with E-state index in [1.165, 1.54) is 14.2 Å². The molecule has 2 saturated heterocycles. The fourth-order valence-corrected chi connectivity index (χ4v) is 5.05. The Morgan fingerprint density at radius 3 is 2.24 bits per heavy atom. The molecule has 0 unspecified atom stereocenters. The number of methoxy groups -OCH3 is 2. The van der Waals surface area contributed by atoms with Gasteiger partial charge < -0.3 is 24.2 Å². The molecule has 0 spiro atoms. The number of Topliss-reactive ketones (excluding diaryl/α,β-unsaturated/α-hetero) is 1. The van der Waals surface area contributed by atoms with Crippen LogP contribution in [0.1, 0.15) is 49.9 Å². The first-order chi connectivity index (χ1) is 18.2. The molecule has 2 aliphatic heterocycles. The zero-order chi connectivity index (χ0) is 27.4. The van der Waals surface area contributed by atoms with Gasteiger partial charge in [-0.15, -0.1) is 0 Å². The van der Waals surface area contributed by atoms with Crippen LogP contribution < -0.4 is 9.47 Å². The Hall–Kier alpha value is -3.36. The number of ether oxygens (including phenoxy) is 3. The number of carbonyl (C=O) groups is 2. The molecule has 8 heteroatoms. The van der Waals surface area contributed by atoms with Crippen LogP contribution in [0.4, 0.5) is 0 Å². The third-order valence-electron chi connectivity index (χ3n) is 7.27. The summed E-state index contributed by atoms with van der Waals surface area (Å²) in [5, 5.41) is 11.4. The van der Waals surface area contributed by atoms with E-state index in [0.29, 0.717) is 43.2 Å². The third kappa shape index (κ3) is 5.71. The van der Waals surface area contributed by atoms with Crippen molar-refractivity contribution in [3.63, 3.8) is 0 Å². The number of hydrogen-bond acceptors (Lipinski definition) is 7. The van der Waals surface area contributed by atoms with Gasteiger partial charge in [0.05, 0.1) is 39.0 Å². The van der Waals surface area contributed by atoms with Gasteiger partial charge in [0.25, 0.3) is 11.7 Å². The molecule has 2 heterocycles. The maximum Gasteiger partial charge on any atom is 0.295 e. The van der Waals surface area contributed by atoms with Crippen LogP contribution in [0.5, 0.6) is 11.5 Å². The van der Waals surface area contributed by atoms with E-state index in [2.05, 4.69) is 25.7 Å². The maximum atomic E-state index is 13.4. The second-order valence-electron chi connectivity index (χ2n) is 10.7. The highest BCUT2D eigenvalue weighted by Crippen LogP contribution is 2.41. The summed E-state index contributed by atoms with van der Waals surface area (Å²) < 4.78 is 16.1. The summed E-state index contributed by atoms with van der Waals surface area (Å²) in [6, 6.07) is 12.2. The van der Waals surface area contributed by atoms with Crippen molar-refractivity contribution in [1.29, 1.82) is 0 Å². The number of likely N-dealkylation sites (tertiary alicyclic amines) is 1. The molecule has 2 aliphatic rings. The lowest BCUT2D eigenvalue weighted by atomic mass is 9.85. The Kier molecular flexibility index (Phi) is 8.43. The molecule has 204 valence electrons. The first-order valence-corrected chi connectivity index (χ1v) is 13.1. The smallest absolute Gasteiger partial charge is 0.295 e. The number of nitrogens with zero attached hydrogens (tertiary/aromatic N) is 2. The van der Waals surface area contributed by atoms with Gasteiger partial charge in [0.1, 0.15) is 5.76 Å². The number of hydrogen-bond donors (Lipinski definition) is 1. The molecule has 1 amide bonds. The van der Waals surface area contributed by atoms with Crippen LogP contribution in [0.3, 0.4) is 0 Å². The summed E-state index contributed by atoms with van der Waals surface area (Å²) in [5.74, 6) is -0.596. The number of ketones is 1. The van der Waals surface area contributed by atoms with E-state index in [1.807, 2.05) is 24.3 Å². The number of carbonyl (C=O) groups excluding carboxylic acids is 2. The zero-order valence-electron chi connectivity index (χ0n) is 23.0. The minimum absolute atomic E-state index is 0.0435. The van der Waals surface area contributed by atoms with E-state index in [0.717, 1.165) is 30.8 Å². The second kappa shape index (κ2) is 11.6. The lowest BCUT2D eigenvalue weighted by Gasteiger charge is -2.29. The molecule has 0 aliphatic carbocycles. The molecule has 0 radical (unpaired) electrons. The highest BCUT2D eigenvalue weighted by Gasteiger charge is 2.46. The Labute approximate surface area is 224 Å². The predicted octanol–water partition coefficient (Wildman–Crippen LogP) is 4.15. The van der Waals surface area contributed by atoms with Gasteiger partial charge in [-0.05, 0) is 41.2 Å². The van der Waals surface area contributed by atoms with E-state index < -0.39 is 17.7 Å². The van der Waals surface area contributed by atoms with Gasteiger partial charge in [-0.25, -0.2) is 0 Å². The summed E-state index contributed by atoms with van der Waals surface area (Å²) in [6.45, 7) is 10.7. The molecule has 1 N–H and O–H groups in total. The lowest BCUT2D eigenvalue weighted by Crippen LogP contribution is -2.39. The van der Waals surface area contributed by atoms with Crippen molar-refractivity contribution in [2.24, 2.45) is 0 Å². The minimum Gasteiger partial charge on any atom is -0.507 e. The molecule has 0 saturated carbocycles. The van der Waals surface area contributed by atoms with E-state index in [-0.39, 0.29) is 16.7 Å². The monoisotopic (exact) mass is 522 g/mol. The van der Waals surface area contributed by atoms with Gasteiger partial charge in [0.15, 0.2) is 11.5 Å². The highest BCUT2D eigenvalue weighted by molar-refractivity contribution is 6.46. The number of morpholine rings is 1. The van der Waals surface area contributed by atoms with E-state index in [1.54, 1.807) is 23.1 Å². The Bertz CT molecular complexity index is 1190. The molecular weight excluding hydrogens is 484 g/mol. The Morgan fingerprint density at radius 2 is 1.63 bits per heavy atom. The first kappa shape index (κ1) is 27.7. The zero-order valence-corrected chi connectivity index (χ0v) is 23.0. The van der Waals surface area contributed by atoms with Crippen LogP contribution in [-0.4, -0.2) is 80.2 Å². The third-order valence-corrected chi connectivity index (χ3v) is 7.27. The molecule has 0 aromatic heterocycles. The van der Waals surface area contributed by atoms with Crippen LogP contribution in [-0.2, 0) is 19.7 Å². The van der Waals surface area contributed by atoms with Crippen molar-refractivity contribution in [2.75, 3.05) is 53.6 Å². The normalized spacial score (nSPS) is 20.1. The molecule has 38 heavy (non-hydrogen) atoms. The number of benzene rings is 2. The summed E-state index contributed by atoms with van der Waals surface area (Å²) in [6.07, 6.45) is 0.708. The molecular formula is C30H38N2O6. The van der Waals surface area contributed by atoms with Crippen molar-refractivity contribution in [1.82, 2.24) is 9.80 Å². The summed E-state index contributed by atoms with van der Waals surface area (Å²) in [4.78, 5) is 30.6. The molecule has 2 aromatic rings. The van der Waals surface area contributed by atoms with Crippen molar-refractivity contribution in [2.45, 2.75) is 38.6 Å². The van der Waals surface area contributed by atoms with Gasteiger partial charge in [-0.3, -0.25) is 14.5 Å². The largest absolute Gasteiger partial charge is 0.507 e. The number of amides is 1. The topological polar surface area (TPSA) is 88.5 Å². The predicted molar refractivity (Wildman–Crippen MR) is 146 cm³/mol.